The van der Waals surface area contributed by atoms with Gasteiger partial charge in [0.1, 0.15) is 23.4 Å². The monoisotopic (exact) mass is 661 g/mol. The Balaban J connectivity index is 1.59. The number of benzene rings is 1. The quantitative estimate of drug-likeness (QED) is 0.329. The zero-order chi connectivity index (χ0) is 35.4. The summed E-state index contributed by atoms with van der Waals surface area (Å²) in [5, 5.41) is 16.2. The number of ketones is 2. The van der Waals surface area contributed by atoms with Crippen molar-refractivity contribution in [1.29, 1.82) is 5.26 Å². The molecule has 48 heavy (non-hydrogen) atoms. The fourth-order valence-electron chi connectivity index (χ4n) is 7.76. The van der Waals surface area contributed by atoms with Gasteiger partial charge in [0.05, 0.1) is 18.2 Å². The van der Waals surface area contributed by atoms with E-state index in [-0.39, 0.29) is 43.4 Å². The molecule has 2 amide bonds. The van der Waals surface area contributed by atoms with Crippen LogP contribution in [0, 0.1) is 25.2 Å². The van der Waals surface area contributed by atoms with Gasteiger partial charge in [-0.05, 0) is 92.0 Å². The molecule has 0 saturated carbocycles. The van der Waals surface area contributed by atoms with Gasteiger partial charge in [-0.25, -0.2) is 4.79 Å². The molecular formula is C36H47N5O7. The van der Waals surface area contributed by atoms with Crippen LogP contribution in [0.3, 0.4) is 0 Å². The number of carbonyl (C=O) groups is 4. The van der Waals surface area contributed by atoms with Gasteiger partial charge in [-0.15, -0.1) is 0 Å². The summed E-state index contributed by atoms with van der Waals surface area (Å²) in [6.07, 6.45) is 0.0898. The molecule has 6 atom stereocenters. The van der Waals surface area contributed by atoms with Crippen molar-refractivity contribution in [2.24, 2.45) is 0 Å². The van der Waals surface area contributed by atoms with Crippen LogP contribution >= 0.6 is 0 Å². The number of nitrogens with zero attached hydrogens (tertiary/aromatic N) is 3. The normalized spacial score (nSPS) is 26.2. The molecule has 1 aliphatic carbocycles. The minimum absolute atomic E-state index is 0.0476. The van der Waals surface area contributed by atoms with E-state index in [1.165, 1.54) is 0 Å². The van der Waals surface area contributed by atoms with Gasteiger partial charge in [0.15, 0.2) is 18.4 Å². The van der Waals surface area contributed by atoms with E-state index in [9.17, 15) is 24.4 Å². The summed E-state index contributed by atoms with van der Waals surface area (Å²) >= 11 is 0. The van der Waals surface area contributed by atoms with Crippen LogP contribution in [0.5, 0.6) is 5.75 Å². The summed E-state index contributed by atoms with van der Waals surface area (Å²) in [5.74, 6) is -0.209. The van der Waals surface area contributed by atoms with Gasteiger partial charge >= 0.3 is 6.09 Å². The Morgan fingerprint density at radius 3 is 2.38 bits per heavy atom. The Labute approximate surface area is 282 Å². The highest BCUT2D eigenvalue weighted by Gasteiger charge is 2.57. The maximum absolute atomic E-state index is 14.0. The average Bonchev–Trinajstić information content (AvgIpc) is 3.01. The molecule has 0 radical (unpaired) electrons. The highest BCUT2D eigenvalue weighted by Crippen LogP contribution is 2.52. The molecular weight excluding hydrogens is 614 g/mol. The summed E-state index contributed by atoms with van der Waals surface area (Å²) in [6, 6.07) is 1.41. The zero-order valence-corrected chi connectivity index (χ0v) is 29.6. The van der Waals surface area contributed by atoms with Gasteiger partial charge in [0, 0.05) is 53.6 Å². The van der Waals surface area contributed by atoms with Crippen molar-refractivity contribution in [2.45, 2.75) is 110 Å². The van der Waals surface area contributed by atoms with Crippen molar-refractivity contribution in [1.82, 2.24) is 20.4 Å². The van der Waals surface area contributed by atoms with E-state index in [1.54, 1.807) is 48.7 Å². The Kier molecular flexibility index (Phi) is 9.63. The second kappa shape index (κ2) is 13.1. The molecule has 4 aliphatic rings. The van der Waals surface area contributed by atoms with Crippen molar-refractivity contribution in [3.63, 3.8) is 0 Å². The van der Waals surface area contributed by atoms with E-state index in [0.29, 0.717) is 28.7 Å². The Hall–Kier alpha value is -4.05. The lowest BCUT2D eigenvalue weighted by molar-refractivity contribution is -0.124. The van der Waals surface area contributed by atoms with Crippen LogP contribution in [0.25, 0.3) is 0 Å². The Morgan fingerprint density at radius 2 is 1.75 bits per heavy atom. The third-order valence-electron chi connectivity index (χ3n) is 10.3. The fourth-order valence-corrected chi connectivity index (χ4v) is 7.76. The van der Waals surface area contributed by atoms with Crippen molar-refractivity contribution in [2.75, 3.05) is 27.5 Å². The molecule has 2 N–H and O–H groups in total. The number of aryl methyl sites for hydroxylation is 1. The lowest BCUT2D eigenvalue weighted by Gasteiger charge is -2.60. The van der Waals surface area contributed by atoms with Crippen molar-refractivity contribution >= 4 is 23.6 Å². The van der Waals surface area contributed by atoms with Gasteiger partial charge in [-0.3, -0.25) is 24.2 Å². The smallest absolute Gasteiger partial charge is 0.408 e. The summed E-state index contributed by atoms with van der Waals surface area (Å²) in [7, 11) is 3.57. The van der Waals surface area contributed by atoms with E-state index in [4.69, 9.17) is 14.2 Å². The number of nitrogens with one attached hydrogen (secondary N) is 2. The van der Waals surface area contributed by atoms with E-state index in [2.05, 4.69) is 32.6 Å². The van der Waals surface area contributed by atoms with Crippen LogP contribution in [0.2, 0.25) is 0 Å². The number of amides is 2. The van der Waals surface area contributed by atoms with Gasteiger partial charge < -0.3 is 24.8 Å². The topological polar surface area (TPSA) is 150 Å². The first-order valence-electron chi connectivity index (χ1n) is 16.4. The number of piperazine rings is 1. The molecule has 1 aromatic carbocycles. The number of rotatable bonds is 7. The Morgan fingerprint density at radius 1 is 1.08 bits per heavy atom. The number of likely N-dealkylation sites (N-methyl/N-ethyl adjacent to an activating group) is 1. The van der Waals surface area contributed by atoms with Crippen LogP contribution < -0.4 is 15.4 Å². The highest BCUT2D eigenvalue weighted by atomic mass is 16.7. The average molecular weight is 662 g/mol. The largest absolute Gasteiger partial charge is 0.467 e. The van der Waals surface area contributed by atoms with E-state index < -0.39 is 41.8 Å². The van der Waals surface area contributed by atoms with Crippen LogP contribution in [0.4, 0.5) is 4.79 Å². The lowest BCUT2D eigenvalue weighted by Crippen LogP contribution is -2.71. The van der Waals surface area contributed by atoms with Crippen molar-refractivity contribution in [3.05, 3.63) is 50.6 Å². The number of ether oxygens (including phenoxy) is 3. The number of allylic oxidation sites excluding steroid dienone is 2. The van der Waals surface area contributed by atoms with Gasteiger partial charge in [0.2, 0.25) is 5.91 Å². The molecule has 258 valence electrons. The highest BCUT2D eigenvalue weighted by molar-refractivity contribution is 6.25. The number of hydrogen-bond acceptors (Lipinski definition) is 10. The Bertz CT molecular complexity index is 1670. The first-order chi connectivity index (χ1) is 22.5. The molecule has 5 rings (SSSR count). The first-order valence-corrected chi connectivity index (χ1v) is 16.4. The fraction of sp³-hybridized carbons (Fsp3) is 0.583. The van der Waals surface area contributed by atoms with Gasteiger partial charge in [-0.1, -0.05) is 6.07 Å². The van der Waals surface area contributed by atoms with Crippen LogP contribution in [-0.2, 0) is 30.3 Å². The molecule has 0 spiro atoms. The van der Waals surface area contributed by atoms with E-state index in [1.807, 2.05) is 20.9 Å². The molecule has 3 heterocycles. The number of nitriles is 1. The number of Topliss-reactive ketones (excluding diaryl/α,β-unsaturated/α-hetero) is 2. The summed E-state index contributed by atoms with van der Waals surface area (Å²) in [6.45, 7) is 14.1. The molecule has 1 aromatic rings. The van der Waals surface area contributed by atoms with E-state index in [0.717, 1.165) is 28.0 Å². The number of methoxy groups -OCH3 is 1. The molecule has 1 saturated heterocycles. The third kappa shape index (κ3) is 6.04. The molecule has 2 bridgehead atoms. The molecule has 1 fully saturated rings. The SMILES string of the molecule is COCOc1c(C)c(C)cc2c1[C@@H]1C3CC4=C(C(=O)C(C)=C(C)C4=O)[C@H](CNC(=O)[C@H](C)NC(=O)OC(C)(C)C)N3[C@@H](C#N)[C@@H](C2)N1C. The minimum Gasteiger partial charge on any atom is -0.467 e. The van der Waals surface area contributed by atoms with Crippen LogP contribution in [0.1, 0.15) is 76.3 Å². The summed E-state index contributed by atoms with van der Waals surface area (Å²) in [5.41, 5.74) is 4.90. The van der Waals surface area contributed by atoms with E-state index >= 15 is 0 Å². The molecule has 1 unspecified atom stereocenters. The van der Waals surface area contributed by atoms with Crippen LogP contribution in [0.15, 0.2) is 28.4 Å². The zero-order valence-electron chi connectivity index (χ0n) is 29.6. The number of hydrogen-bond donors (Lipinski definition) is 2. The van der Waals surface area contributed by atoms with Crippen molar-refractivity contribution < 1.29 is 33.4 Å². The lowest BCUT2D eigenvalue weighted by atomic mass is 9.69. The third-order valence-corrected chi connectivity index (χ3v) is 10.3. The maximum atomic E-state index is 14.0. The van der Waals surface area contributed by atoms with Gasteiger partial charge in [-0.2, -0.15) is 5.26 Å². The second-order valence-electron chi connectivity index (χ2n) is 14.4. The van der Waals surface area contributed by atoms with Crippen molar-refractivity contribution in [3.8, 4) is 11.8 Å². The van der Waals surface area contributed by atoms with Gasteiger partial charge in [0.25, 0.3) is 0 Å². The van der Waals surface area contributed by atoms with Crippen LogP contribution in [-0.4, -0.2) is 96.7 Å². The summed E-state index contributed by atoms with van der Waals surface area (Å²) in [4.78, 5) is 58.0. The maximum Gasteiger partial charge on any atom is 0.408 e. The first kappa shape index (κ1) is 35.3. The second-order valence-corrected chi connectivity index (χ2v) is 14.4. The summed E-state index contributed by atoms with van der Waals surface area (Å²) < 4.78 is 16.8. The number of fused-ring (bicyclic) bond motifs is 6. The molecule has 12 heteroatoms. The number of alkyl carbamates (subject to hydrolysis) is 1. The molecule has 12 nitrogen and oxygen atoms in total. The predicted octanol–water partition coefficient (Wildman–Crippen LogP) is 3.35. The molecule has 0 aromatic heterocycles. The molecule has 3 aliphatic heterocycles. The number of carbonyl (C=O) groups excluding carboxylic acids is 4. The predicted molar refractivity (Wildman–Crippen MR) is 177 cm³/mol. The standard InChI is InChI=1S/C36H47N5O7/c1-17-11-22-12-24-26(14-37)41-25(30(40(24)9)28(22)33(18(17)2)47-16-46-10)13-23-29(32(43)20(4)19(3)31(23)42)27(41)15-38-34(44)21(5)39-35(45)48-36(6,7)8/h11,21,24-27,30H,12-13,15-16H2,1-10H3,(H,38,44)(H,39,45)/t21-,24+,25?,26-,27-,30-/m0/s1. The minimum atomic E-state index is -0.947.